The summed E-state index contributed by atoms with van der Waals surface area (Å²) in [7, 11) is 3.11. The number of carbonyl (C=O) groups excluding carboxylic acids is 1. The van der Waals surface area contributed by atoms with Crippen molar-refractivity contribution in [3.05, 3.63) is 66.4 Å². The zero-order chi connectivity index (χ0) is 21.1. The molecule has 0 amide bonds. The summed E-state index contributed by atoms with van der Waals surface area (Å²) >= 11 is 1.40. The monoisotopic (exact) mass is 420 g/mol. The fourth-order valence-corrected chi connectivity index (χ4v) is 4.12. The Morgan fingerprint density at radius 1 is 1.00 bits per heavy atom. The highest BCUT2D eigenvalue weighted by Crippen LogP contribution is 2.34. The van der Waals surface area contributed by atoms with E-state index in [1.165, 1.54) is 11.8 Å². The number of furan rings is 1. The lowest BCUT2D eigenvalue weighted by Crippen LogP contribution is -2.14. The zero-order valence-corrected chi connectivity index (χ0v) is 17.6. The number of hydrogen-bond acceptors (Lipinski definition) is 7. The maximum atomic E-state index is 13.1. The number of ether oxygens (including phenoxy) is 2. The zero-order valence-electron chi connectivity index (χ0n) is 16.8. The minimum Gasteiger partial charge on any atom is -0.493 e. The van der Waals surface area contributed by atoms with Gasteiger partial charge in [-0.15, -0.1) is 0 Å². The molecule has 2 aromatic carbocycles. The SMILES string of the molecule is COc1ccc(C(=O)C(C)Sc2nc(-c3ccco3)nc3ccccc23)cc1OC. The highest BCUT2D eigenvalue weighted by molar-refractivity contribution is 8.00. The van der Waals surface area contributed by atoms with E-state index in [-0.39, 0.29) is 11.0 Å². The van der Waals surface area contributed by atoms with E-state index in [0.717, 1.165) is 15.9 Å². The lowest BCUT2D eigenvalue weighted by Gasteiger charge is -2.14. The van der Waals surface area contributed by atoms with E-state index >= 15 is 0 Å². The summed E-state index contributed by atoms with van der Waals surface area (Å²) in [6.45, 7) is 1.87. The van der Waals surface area contributed by atoms with E-state index in [9.17, 15) is 4.79 Å². The Bertz CT molecular complexity index is 1190. The molecule has 2 aromatic heterocycles. The molecule has 0 aliphatic rings. The minimum atomic E-state index is -0.370. The molecular formula is C23H20N2O4S. The van der Waals surface area contributed by atoms with Crippen LogP contribution in [-0.2, 0) is 0 Å². The van der Waals surface area contributed by atoms with Crippen LogP contribution in [0.1, 0.15) is 17.3 Å². The molecule has 0 saturated heterocycles. The average molecular weight is 420 g/mol. The number of Topliss-reactive ketones (excluding diaryl/α,β-unsaturated/α-hetero) is 1. The van der Waals surface area contributed by atoms with Crippen molar-refractivity contribution in [1.82, 2.24) is 9.97 Å². The van der Waals surface area contributed by atoms with E-state index in [2.05, 4.69) is 9.97 Å². The van der Waals surface area contributed by atoms with Gasteiger partial charge in [0.15, 0.2) is 28.9 Å². The molecule has 4 rings (SSSR count). The second kappa shape index (κ2) is 8.59. The van der Waals surface area contributed by atoms with Gasteiger partial charge in [-0.05, 0) is 43.3 Å². The Morgan fingerprint density at radius 2 is 1.80 bits per heavy atom. The van der Waals surface area contributed by atoms with Crippen LogP contribution >= 0.6 is 11.8 Å². The molecule has 7 heteroatoms. The number of methoxy groups -OCH3 is 2. The van der Waals surface area contributed by atoms with Gasteiger partial charge in [0.05, 0.1) is 31.2 Å². The van der Waals surface area contributed by atoms with Gasteiger partial charge in [-0.1, -0.05) is 30.0 Å². The van der Waals surface area contributed by atoms with Crippen LogP contribution in [0.4, 0.5) is 0 Å². The number of benzene rings is 2. The van der Waals surface area contributed by atoms with Gasteiger partial charge in [-0.25, -0.2) is 9.97 Å². The van der Waals surface area contributed by atoms with Crippen molar-refractivity contribution in [3.63, 3.8) is 0 Å². The number of carbonyl (C=O) groups is 1. The first kappa shape index (κ1) is 20.0. The Kier molecular flexibility index (Phi) is 5.72. The number of para-hydroxylation sites is 1. The van der Waals surface area contributed by atoms with Crippen molar-refractivity contribution in [2.24, 2.45) is 0 Å². The predicted octanol–water partition coefficient (Wildman–Crippen LogP) is 5.27. The lowest BCUT2D eigenvalue weighted by molar-refractivity contribution is 0.0993. The highest BCUT2D eigenvalue weighted by Gasteiger charge is 2.21. The number of ketones is 1. The first-order valence-electron chi connectivity index (χ1n) is 9.34. The van der Waals surface area contributed by atoms with Gasteiger partial charge in [0, 0.05) is 10.9 Å². The Labute approximate surface area is 178 Å². The van der Waals surface area contributed by atoms with Crippen molar-refractivity contribution < 1.29 is 18.7 Å². The normalized spacial score (nSPS) is 12.0. The summed E-state index contributed by atoms with van der Waals surface area (Å²) in [4.78, 5) is 22.4. The Balaban J connectivity index is 1.67. The molecule has 6 nitrogen and oxygen atoms in total. The van der Waals surface area contributed by atoms with Gasteiger partial charge in [-0.2, -0.15) is 0 Å². The number of thioether (sulfide) groups is 1. The number of nitrogens with zero attached hydrogens (tertiary/aromatic N) is 2. The molecule has 2 heterocycles. The fraction of sp³-hybridized carbons (Fsp3) is 0.174. The average Bonchev–Trinajstić information content (AvgIpc) is 3.33. The minimum absolute atomic E-state index is 0.0248. The van der Waals surface area contributed by atoms with Crippen LogP contribution in [0.15, 0.2) is 70.3 Å². The summed E-state index contributed by atoms with van der Waals surface area (Å²) in [6, 6.07) is 16.5. The number of rotatable bonds is 7. The van der Waals surface area contributed by atoms with Crippen LogP contribution in [0.2, 0.25) is 0 Å². The summed E-state index contributed by atoms with van der Waals surface area (Å²) < 4.78 is 16.0. The molecule has 0 saturated carbocycles. The first-order valence-corrected chi connectivity index (χ1v) is 10.2. The van der Waals surface area contributed by atoms with Crippen molar-refractivity contribution in [3.8, 4) is 23.1 Å². The Hall–Kier alpha value is -3.32. The van der Waals surface area contributed by atoms with Crippen molar-refractivity contribution in [2.75, 3.05) is 14.2 Å². The van der Waals surface area contributed by atoms with E-state index in [1.807, 2.05) is 37.3 Å². The maximum absolute atomic E-state index is 13.1. The van der Waals surface area contributed by atoms with E-state index in [4.69, 9.17) is 13.9 Å². The molecule has 0 aliphatic carbocycles. The molecule has 152 valence electrons. The van der Waals surface area contributed by atoms with Crippen molar-refractivity contribution in [1.29, 1.82) is 0 Å². The molecule has 0 N–H and O–H groups in total. The van der Waals surface area contributed by atoms with Crippen molar-refractivity contribution in [2.45, 2.75) is 17.2 Å². The van der Waals surface area contributed by atoms with Crippen LogP contribution < -0.4 is 9.47 Å². The lowest BCUT2D eigenvalue weighted by atomic mass is 10.1. The third-order valence-corrected chi connectivity index (χ3v) is 5.74. The van der Waals surface area contributed by atoms with Gasteiger partial charge < -0.3 is 13.9 Å². The molecule has 1 atom stereocenters. The molecule has 0 spiro atoms. The number of fused-ring (bicyclic) bond motifs is 1. The van der Waals surface area contributed by atoms with Gasteiger partial charge in [-0.3, -0.25) is 4.79 Å². The van der Waals surface area contributed by atoms with Gasteiger partial charge in [0.2, 0.25) is 0 Å². The van der Waals surface area contributed by atoms with E-state index < -0.39 is 0 Å². The van der Waals surface area contributed by atoms with Gasteiger partial charge in [0.1, 0.15) is 5.03 Å². The largest absolute Gasteiger partial charge is 0.493 e. The van der Waals surface area contributed by atoms with Crippen LogP contribution in [0.5, 0.6) is 11.5 Å². The molecule has 30 heavy (non-hydrogen) atoms. The number of aromatic nitrogens is 2. The Morgan fingerprint density at radius 3 is 2.53 bits per heavy atom. The first-order chi connectivity index (χ1) is 14.6. The molecular weight excluding hydrogens is 400 g/mol. The molecule has 0 radical (unpaired) electrons. The van der Waals surface area contributed by atoms with Crippen molar-refractivity contribution >= 4 is 28.4 Å². The van der Waals surface area contributed by atoms with E-state index in [1.54, 1.807) is 44.7 Å². The quantitative estimate of drug-likeness (QED) is 0.229. The predicted molar refractivity (Wildman–Crippen MR) is 116 cm³/mol. The van der Waals surface area contributed by atoms with Crippen LogP contribution in [0.3, 0.4) is 0 Å². The number of hydrogen-bond donors (Lipinski definition) is 0. The summed E-state index contributed by atoms with van der Waals surface area (Å²) in [5.41, 5.74) is 1.35. The summed E-state index contributed by atoms with van der Waals surface area (Å²) in [5, 5.41) is 1.25. The third-order valence-electron chi connectivity index (χ3n) is 4.64. The molecule has 0 aliphatic heterocycles. The molecule has 1 unspecified atom stereocenters. The summed E-state index contributed by atoms with van der Waals surface area (Å²) in [6.07, 6.45) is 1.59. The smallest absolute Gasteiger partial charge is 0.197 e. The topological polar surface area (TPSA) is 74.5 Å². The highest BCUT2D eigenvalue weighted by atomic mass is 32.2. The van der Waals surface area contributed by atoms with E-state index in [0.29, 0.717) is 28.6 Å². The van der Waals surface area contributed by atoms with Gasteiger partial charge in [0.25, 0.3) is 0 Å². The van der Waals surface area contributed by atoms with Crippen LogP contribution in [0.25, 0.3) is 22.5 Å². The standard InChI is InChI=1S/C23H20N2O4S/c1-14(21(26)15-10-11-18(27-2)20(13-15)28-3)30-23-16-7-4-5-8-17(16)24-22(25-23)19-9-6-12-29-19/h4-14H,1-3H3. The summed E-state index contributed by atoms with van der Waals surface area (Å²) in [5.74, 6) is 2.16. The second-order valence-electron chi connectivity index (χ2n) is 6.54. The third kappa shape index (κ3) is 3.89. The second-order valence-corrected chi connectivity index (χ2v) is 7.87. The molecule has 0 bridgehead atoms. The molecule has 0 fully saturated rings. The molecule has 4 aromatic rings. The fourth-order valence-electron chi connectivity index (χ4n) is 3.10. The van der Waals surface area contributed by atoms with Gasteiger partial charge >= 0.3 is 0 Å². The maximum Gasteiger partial charge on any atom is 0.197 e. The van der Waals surface area contributed by atoms with Crippen LogP contribution in [0, 0.1) is 0 Å². The van der Waals surface area contributed by atoms with Crippen LogP contribution in [-0.4, -0.2) is 35.2 Å².